The second-order valence-electron chi connectivity index (χ2n) is 6.81. The topological polar surface area (TPSA) is 50.1 Å². The van der Waals surface area contributed by atoms with Gasteiger partial charge in [-0.05, 0) is 35.9 Å². The predicted octanol–water partition coefficient (Wildman–Crippen LogP) is 6.09. The van der Waals surface area contributed by atoms with Gasteiger partial charge in [-0.2, -0.15) is 5.26 Å². The van der Waals surface area contributed by atoms with E-state index in [0.29, 0.717) is 15.8 Å². The first kappa shape index (κ1) is 20.0. The van der Waals surface area contributed by atoms with E-state index in [9.17, 15) is 10.1 Å². The number of rotatable bonds is 5. The highest BCUT2D eigenvalue weighted by atomic mass is 35.5. The minimum atomic E-state index is -0.598. The molecule has 26 heavy (non-hydrogen) atoms. The van der Waals surface area contributed by atoms with Crippen molar-refractivity contribution in [1.82, 2.24) is 0 Å². The summed E-state index contributed by atoms with van der Waals surface area (Å²) in [6, 6.07) is 14.4. The zero-order chi connectivity index (χ0) is 19.3. The summed E-state index contributed by atoms with van der Waals surface area (Å²) in [4.78, 5) is 12.2. The van der Waals surface area contributed by atoms with Crippen molar-refractivity contribution in [2.24, 2.45) is 5.41 Å². The van der Waals surface area contributed by atoms with E-state index < -0.39 is 5.41 Å². The van der Waals surface area contributed by atoms with Crippen molar-refractivity contribution in [3.63, 3.8) is 0 Å². The first-order chi connectivity index (χ1) is 12.2. The van der Waals surface area contributed by atoms with E-state index in [2.05, 4.69) is 0 Å². The summed E-state index contributed by atoms with van der Waals surface area (Å²) in [6.45, 7) is 5.62. The van der Waals surface area contributed by atoms with Gasteiger partial charge in [-0.25, -0.2) is 0 Å². The molecule has 0 saturated heterocycles. The van der Waals surface area contributed by atoms with E-state index in [0.717, 1.165) is 11.1 Å². The maximum Gasteiger partial charge on any atom is 0.178 e. The van der Waals surface area contributed by atoms with Crippen LogP contribution in [0.2, 0.25) is 10.0 Å². The number of ether oxygens (including phenoxy) is 1. The SMILES string of the molecule is CC(C)(C)C(=O)C(C#N)=Cc1ccc(OCc2c(Cl)cccc2Cl)cc1. The minimum absolute atomic E-state index is 0.133. The minimum Gasteiger partial charge on any atom is -0.489 e. The van der Waals surface area contributed by atoms with Crippen molar-refractivity contribution in [3.05, 3.63) is 69.2 Å². The quantitative estimate of drug-likeness (QED) is 0.460. The molecule has 0 amide bonds. The Morgan fingerprint density at radius 2 is 1.69 bits per heavy atom. The Morgan fingerprint density at radius 3 is 2.19 bits per heavy atom. The van der Waals surface area contributed by atoms with Crippen molar-refractivity contribution in [3.8, 4) is 11.8 Å². The Labute approximate surface area is 163 Å². The fourth-order valence-corrected chi connectivity index (χ4v) is 2.71. The molecule has 0 aliphatic carbocycles. The molecule has 2 rings (SSSR count). The van der Waals surface area contributed by atoms with Gasteiger partial charge in [0.1, 0.15) is 18.4 Å². The van der Waals surface area contributed by atoms with Gasteiger partial charge < -0.3 is 4.74 Å². The summed E-state index contributed by atoms with van der Waals surface area (Å²) < 4.78 is 5.72. The number of nitriles is 1. The standard InChI is InChI=1S/C21H19Cl2NO2/c1-21(2,3)20(25)15(12-24)11-14-7-9-16(10-8-14)26-13-17-18(22)5-4-6-19(17)23/h4-11H,13H2,1-3H3. The number of halogens is 2. The Bertz CT molecular complexity index is 852. The van der Waals surface area contributed by atoms with Gasteiger partial charge in [0.05, 0.1) is 5.57 Å². The Hall–Kier alpha value is -2.28. The van der Waals surface area contributed by atoms with Crippen LogP contribution >= 0.6 is 23.2 Å². The van der Waals surface area contributed by atoms with Crippen molar-refractivity contribution >= 4 is 35.1 Å². The van der Waals surface area contributed by atoms with Crippen LogP contribution in [-0.4, -0.2) is 5.78 Å². The first-order valence-corrected chi connectivity index (χ1v) is 8.80. The molecule has 0 aromatic heterocycles. The van der Waals surface area contributed by atoms with Crippen LogP contribution in [0.1, 0.15) is 31.9 Å². The number of carbonyl (C=O) groups excluding carboxylic acids is 1. The van der Waals surface area contributed by atoms with Crippen molar-refractivity contribution < 1.29 is 9.53 Å². The molecule has 0 heterocycles. The van der Waals surface area contributed by atoms with Crippen molar-refractivity contribution in [2.75, 3.05) is 0 Å². The van der Waals surface area contributed by atoms with Crippen molar-refractivity contribution in [2.45, 2.75) is 27.4 Å². The van der Waals surface area contributed by atoms with E-state index in [1.807, 2.05) is 6.07 Å². The van der Waals surface area contributed by atoms with Crippen LogP contribution in [0.5, 0.6) is 5.75 Å². The Balaban J connectivity index is 2.12. The van der Waals surface area contributed by atoms with Crippen LogP contribution < -0.4 is 4.74 Å². The molecule has 0 atom stereocenters. The van der Waals surface area contributed by atoms with E-state index in [1.165, 1.54) is 0 Å². The Morgan fingerprint density at radius 1 is 1.12 bits per heavy atom. The summed E-state index contributed by atoms with van der Waals surface area (Å²) >= 11 is 12.3. The molecule has 0 saturated carbocycles. The van der Waals surface area contributed by atoms with Crippen LogP contribution in [0.15, 0.2) is 48.0 Å². The van der Waals surface area contributed by atoms with Crippen LogP contribution in [0.4, 0.5) is 0 Å². The van der Waals surface area contributed by atoms with Gasteiger partial charge in [-0.3, -0.25) is 4.79 Å². The number of allylic oxidation sites excluding steroid dienone is 1. The Kier molecular flexibility index (Phi) is 6.47. The van der Waals surface area contributed by atoms with E-state index >= 15 is 0 Å². The lowest BCUT2D eigenvalue weighted by Gasteiger charge is -2.15. The highest BCUT2D eigenvalue weighted by Gasteiger charge is 2.24. The van der Waals surface area contributed by atoms with E-state index in [-0.39, 0.29) is 18.0 Å². The zero-order valence-electron chi connectivity index (χ0n) is 14.8. The molecule has 0 bridgehead atoms. The predicted molar refractivity (Wildman–Crippen MR) is 105 cm³/mol. The lowest BCUT2D eigenvalue weighted by molar-refractivity contribution is -0.121. The fraction of sp³-hybridized carbons (Fsp3) is 0.238. The van der Waals surface area contributed by atoms with Gasteiger partial charge in [-0.15, -0.1) is 0 Å². The number of nitrogens with zero attached hydrogens (tertiary/aromatic N) is 1. The molecule has 5 heteroatoms. The summed E-state index contributed by atoms with van der Waals surface area (Å²) in [7, 11) is 0. The maximum atomic E-state index is 12.2. The molecule has 0 N–H and O–H groups in total. The number of carbonyl (C=O) groups is 1. The smallest absolute Gasteiger partial charge is 0.178 e. The summed E-state index contributed by atoms with van der Waals surface area (Å²) in [5, 5.41) is 10.4. The summed E-state index contributed by atoms with van der Waals surface area (Å²) in [5.41, 5.74) is 1.01. The highest BCUT2D eigenvalue weighted by molar-refractivity contribution is 6.35. The number of benzene rings is 2. The molecular formula is C21H19Cl2NO2. The number of Topliss-reactive ketones (excluding diaryl/α,β-unsaturated/α-hetero) is 1. The summed E-state index contributed by atoms with van der Waals surface area (Å²) in [6.07, 6.45) is 1.59. The lowest BCUT2D eigenvalue weighted by atomic mass is 9.86. The number of hydrogen-bond donors (Lipinski definition) is 0. The highest BCUT2D eigenvalue weighted by Crippen LogP contribution is 2.26. The zero-order valence-corrected chi connectivity index (χ0v) is 16.4. The van der Waals surface area contributed by atoms with E-state index in [1.54, 1.807) is 69.3 Å². The first-order valence-electron chi connectivity index (χ1n) is 8.04. The molecule has 0 radical (unpaired) electrons. The largest absolute Gasteiger partial charge is 0.489 e. The van der Waals surface area contributed by atoms with Gasteiger partial charge in [0.15, 0.2) is 5.78 Å². The third-order valence-electron chi connectivity index (χ3n) is 3.68. The van der Waals surface area contributed by atoms with Gasteiger partial charge in [-0.1, -0.05) is 62.2 Å². The maximum absolute atomic E-state index is 12.2. The van der Waals surface area contributed by atoms with Gasteiger partial charge in [0.2, 0.25) is 0 Å². The molecule has 2 aromatic carbocycles. The molecule has 0 unspecified atom stereocenters. The third-order valence-corrected chi connectivity index (χ3v) is 4.39. The van der Waals surface area contributed by atoms with Gasteiger partial charge in [0, 0.05) is 21.0 Å². The average Bonchev–Trinajstić information content (AvgIpc) is 2.59. The fourth-order valence-electron chi connectivity index (χ4n) is 2.21. The van der Waals surface area contributed by atoms with E-state index in [4.69, 9.17) is 27.9 Å². The second kappa shape index (κ2) is 8.40. The van der Waals surface area contributed by atoms with Crippen LogP contribution in [0, 0.1) is 16.7 Å². The number of hydrogen-bond acceptors (Lipinski definition) is 3. The molecular weight excluding hydrogens is 369 g/mol. The molecule has 134 valence electrons. The van der Waals surface area contributed by atoms with Gasteiger partial charge in [0.25, 0.3) is 0 Å². The lowest BCUT2D eigenvalue weighted by Crippen LogP contribution is -2.21. The molecule has 0 aliphatic rings. The van der Waals surface area contributed by atoms with Crippen LogP contribution in [0.3, 0.4) is 0 Å². The van der Waals surface area contributed by atoms with Crippen LogP contribution in [-0.2, 0) is 11.4 Å². The second-order valence-corrected chi connectivity index (χ2v) is 7.62. The molecule has 2 aromatic rings. The third kappa shape index (κ3) is 5.11. The van der Waals surface area contributed by atoms with Crippen molar-refractivity contribution in [1.29, 1.82) is 5.26 Å². The van der Waals surface area contributed by atoms with Crippen LogP contribution in [0.25, 0.3) is 6.08 Å². The average molecular weight is 388 g/mol. The molecule has 0 fully saturated rings. The summed E-state index contributed by atoms with van der Waals surface area (Å²) in [5.74, 6) is 0.451. The monoisotopic (exact) mass is 387 g/mol. The van der Waals surface area contributed by atoms with Gasteiger partial charge >= 0.3 is 0 Å². The molecule has 0 aliphatic heterocycles. The number of ketones is 1. The molecule has 3 nitrogen and oxygen atoms in total. The molecule has 0 spiro atoms. The normalized spacial score (nSPS) is 11.8.